The second kappa shape index (κ2) is 5.19. The van der Waals surface area contributed by atoms with Crippen molar-refractivity contribution < 1.29 is 4.79 Å². The Morgan fingerprint density at radius 1 is 1.57 bits per heavy atom. The number of aromatic nitrogens is 2. The molecular weight excluding hydrogens is 266 g/mol. The minimum absolute atomic E-state index is 0.113. The summed E-state index contributed by atoms with van der Waals surface area (Å²) < 4.78 is 1.76. The lowest BCUT2D eigenvalue weighted by molar-refractivity contribution is 0.100. The lowest BCUT2D eigenvalue weighted by atomic mass is 9.95. The Labute approximate surface area is 122 Å². The highest BCUT2D eigenvalue weighted by Gasteiger charge is 2.27. The Morgan fingerprint density at radius 3 is 3.05 bits per heavy atom. The van der Waals surface area contributed by atoms with E-state index in [4.69, 9.17) is 5.73 Å². The van der Waals surface area contributed by atoms with Crippen molar-refractivity contribution in [3.8, 4) is 6.07 Å². The molecule has 1 amide bonds. The summed E-state index contributed by atoms with van der Waals surface area (Å²) in [4.78, 5) is 11.5. The van der Waals surface area contributed by atoms with Crippen LogP contribution in [-0.2, 0) is 0 Å². The van der Waals surface area contributed by atoms with Crippen molar-refractivity contribution >= 4 is 16.8 Å². The van der Waals surface area contributed by atoms with Gasteiger partial charge < -0.3 is 11.1 Å². The number of nitriles is 1. The Bertz CT molecular complexity index is 742. The molecule has 1 aliphatic heterocycles. The summed E-state index contributed by atoms with van der Waals surface area (Å²) in [5.41, 5.74) is 6.77. The molecule has 2 unspecified atom stereocenters. The normalized spacial score (nSPS) is 22.1. The van der Waals surface area contributed by atoms with Gasteiger partial charge >= 0.3 is 0 Å². The molecular formula is C15H17N5O. The number of nitrogens with two attached hydrogens (primary N) is 1. The number of hydrogen-bond donors (Lipinski definition) is 2. The molecule has 2 heterocycles. The van der Waals surface area contributed by atoms with Crippen LogP contribution in [0.25, 0.3) is 10.9 Å². The number of nitrogens with zero attached hydrogens (tertiary/aromatic N) is 3. The summed E-state index contributed by atoms with van der Waals surface area (Å²) in [7, 11) is 0. The average molecular weight is 283 g/mol. The SMILES string of the molecule is CC1CCNCC1n1nc2c(C(N)=O)cccc2c1C#N. The van der Waals surface area contributed by atoms with E-state index in [0.29, 0.717) is 28.1 Å². The molecule has 0 aliphatic carbocycles. The molecule has 3 rings (SSSR count). The standard InChI is InChI=1S/C15H17N5O/c1-9-5-6-18-8-13(9)20-12(7-16)10-3-2-4-11(15(17)21)14(10)19-20/h2-4,9,13,18H,5-6,8H2,1H3,(H2,17,21). The van der Waals surface area contributed by atoms with E-state index in [9.17, 15) is 10.1 Å². The molecule has 21 heavy (non-hydrogen) atoms. The predicted octanol–water partition coefficient (Wildman–Crippen LogP) is 1.18. The maximum atomic E-state index is 11.5. The molecule has 2 aromatic rings. The van der Waals surface area contributed by atoms with Crippen molar-refractivity contribution in [1.82, 2.24) is 15.1 Å². The Morgan fingerprint density at radius 2 is 2.38 bits per heavy atom. The lowest BCUT2D eigenvalue weighted by Crippen LogP contribution is -2.37. The number of nitrogens with one attached hydrogen (secondary N) is 1. The van der Waals surface area contributed by atoms with Crippen molar-refractivity contribution in [3.05, 3.63) is 29.5 Å². The molecule has 0 spiro atoms. The smallest absolute Gasteiger partial charge is 0.250 e. The second-order valence-corrected chi connectivity index (χ2v) is 5.51. The summed E-state index contributed by atoms with van der Waals surface area (Å²) >= 11 is 0. The summed E-state index contributed by atoms with van der Waals surface area (Å²) in [6.45, 7) is 3.91. The van der Waals surface area contributed by atoms with Crippen molar-refractivity contribution in [2.24, 2.45) is 11.7 Å². The third kappa shape index (κ3) is 2.16. The first-order valence-corrected chi connectivity index (χ1v) is 7.05. The van der Waals surface area contributed by atoms with Gasteiger partial charge in [-0.25, -0.2) is 4.68 Å². The van der Waals surface area contributed by atoms with Gasteiger partial charge in [-0.3, -0.25) is 4.79 Å². The van der Waals surface area contributed by atoms with E-state index in [-0.39, 0.29) is 6.04 Å². The number of carbonyl (C=O) groups is 1. The van der Waals surface area contributed by atoms with E-state index in [0.717, 1.165) is 19.5 Å². The van der Waals surface area contributed by atoms with Gasteiger partial charge in [0.25, 0.3) is 5.91 Å². The Hall–Kier alpha value is -2.39. The lowest BCUT2D eigenvalue weighted by Gasteiger charge is -2.30. The monoisotopic (exact) mass is 283 g/mol. The van der Waals surface area contributed by atoms with Crippen molar-refractivity contribution in [3.63, 3.8) is 0 Å². The van der Waals surface area contributed by atoms with Gasteiger partial charge in [0, 0.05) is 11.9 Å². The number of benzene rings is 1. The number of hydrogen-bond acceptors (Lipinski definition) is 4. The van der Waals surface area contributed by atoms with Crippen LogP contribution in [0.1, 0.15) is 35.4 Å². The van der Waals surface area contributed by atoms with Crippen LogP contribution in [0, 0.1) is 17.2 Å². The molecule has 1 saturated heterocycles. The molecule has 6 heteroatoms. The first-order chi connectivity index (χ1) is 10.1. The zero-order valence-corrected chi connectivity index (χ0v) is 11.8. The topological polar surface area (TPSA) is 96.7 Å². The van der Waals surface area contributed by atoms with Crippen LogP contribution in [0.15, 0.2) is 18.2 Å². The maximum Gasteiger partial charge on any atom is 0.250 e. The number of rotatable bonds is 2. The van der Waals surface area contributed by atoms with E-state index in [1.807, 2.05) is 6.07 Å². The van der Waals surface area contributed by atoms with E-state index in [1.165, 1.54) is 0 Å². The summed E-state index contributed by atoms with van der Waals surface area (Å²) in [5, 5.41) is 18.1. The third-order valence-corrected chi connectivity index (χ3v) is 4.20. The molecule has 0 bridgehead atoms. The van der Waals surface area contributed by atoms with Gasteiger partial charge in [0.05, 0.1) is 11.6 Å². The van der Waals surface area contributed by atoms with Crippen molar-refractivity contribution in [2.45, 2.75) is 19.4 Å². The van der Waals surface area contributed by atoms with Crippen LogP contribution < -0.4 is 11.1 Å². The van der Waals surface area contributed by atoms with Gasteiger partial charge in [0.1, 0.15) is 17.3 Å². The van der Waals surface area contributed by atoms with Gasteiger partial charge in [0.2, 0.25) is 0 Å². The van der Waals surface area contributed by atoms with Gasteiger partial charge in [-0.15, -0.1) is 0 Å². The molecule has 1 fully saturated rings. The quantitative estimate of drug-likeness (QED) is 0.864. The first kappa shape index (κ1) is 13.6. The van der Waals surface area contributed by atoms with Crippen LogP contribution >= 0.6 is 0 Å². The number of carbonyl (C=O) groups excluding carboxylic acids is 1. The zero-order chi connectivity index (χ0) is 15.0. The second-order valence-electron chi connectivity index (χ2n) is 5.51. The molecule has 0 saturated carbocycles. The third-order valence-electron chi connectivity index (χ3n) is 4.20. The molecule has 1 aromatic heterocycles. The van der Waals surface area contributed by atoms with Crippen LogP contribution in [0.5, 0.6) is 0 Å². The van der Waals surface area contributed by atoms with E-state index >= 15 is 0 Å². The fourth-order valence-corrected chi connectivity index (χ4v) is 2.97. The van der Waals surface area contributed by atoms with Crippen LogP contribution in [-0.4, -0.2) is 28.8 Å². The zero-order valence-electron chi connectivity index (χ0n) is 11.8. The highest BCUT2D eigenvalue weighted by Crippen LogP contribution is 2.29. The molecule has 0 radical (unpaired) electrons. The number of fused-ring (bicyclic) bond motifs is 1. The minimum atomic E-state index is -0.524. The maximum absolute atomic E-state index is 11.5. The summed E-state index contributed by atoms with van der Waals surface area (Å²) in [5.74, 6) is -0.103. The molecule has 3 N–H and O–H groups in total. The Balaban J connectivity index is 2.21. The highest BCUT2D eigenvalue weighted by atomic mass is 16.1. The fraction of sp³-hybridized carbons (Fsp3) is 0.400. The molecule has 1 aliphatic rings. The van der Waals surface area contributed by atoms with E-state index in [2.05, 4.69) is 23.4 Å². The number of amides is 1. The van der Waals surface area contributed by atoms with Crippen LogP contribution in [0.2, 0.25) is 0 Å². The molecule has 6 nitrogen and oxygen atoms in total. The minimum Gasteiger partial charge on any atom is -0.366 e. The van der Waals surface area contributed by atoms with E-state index in [1.54, 1.807) is 16.8 Å². The number of piperidine rings is 1. The summed E-state index contributed by atoms with van der Waals surface area (Å²) in [6.07, 6.45) is 1.04. The van der Waals surface area contributed by atoms with Crippen LogP contribution in [0.4, 0.5) is 0 Å². The van der Waals surface area contributed by atoms with Gasteiger partial charge in [-0.05, 0) is 31.0 Å². The van der Waals surface area contributed by atoms with Crippen molar-refractivity contribution in [1.29, 1.82) is 5.26 Å². The van der Waals surface area contributed by atoms with Crippen molar-refractivity contribution in [2.75, 3.05) is 13.1 Å². The van der Waals surface area contributed by atoms with Gasteiger partial charge in [-0.2, -0.15) is 10.4 Å². The van der Waals surface area contributed by atoms with Gasteiger partial charge in [-0.1, -0.05) is 13.0 Å². The largest absolute Gasteiger partial charge is 0.366 e. The Kier molecular flexibility index (Phi) is 3.35. The van der Waals surface area contributed by atoms with Crippen LogP contribution in [0.3, 0.4) is 0 Å². The highest BCUT2D eigenvalue weighted by molar-refractivity contribution is 6.05. The summed E-state index contributed by atoms with van der Waals surface area (Å²) in [6, 6.07) is 7.52. The van der Waals surface area contributed by atoms with Gasteiger partial charge in [0.15, 0.2) is 0 Å². The van der Waals surface area contributed by atoms with E-state index < -0.39 is 5.91 Å². The molecule has 1 aromatic carbocycles. The average Bonchev–Trinajstić information content (AvgIpc) is 2.85. The molecule has 2 atom stereocenters. The predicted molar refractivity (Wildman–Crippen MR) is 78.7 cm³/mol. The molecule has 108 valence electrons. The first-order valence-electron chi connectivity index (χ1n) is 7.05. The number of primary amides is 1. The fourth-order valence-electron chi connectivity index (χ4n) is 2.97.